The Morgan fingerprint density at radius 3 is 2.70 bits per heavy atom. The normalized spacial score (nSPS) is 11.3. The zero-order valence-corrected chi connectivity index (χ0v) is 11.0. The van der Waals surface area contributed by atoms with E-state index in [1.165, 1.54) is 24.5 Å². The average molecular weight is 275 g/mol. The summed E-state index contributed by atoms with van der Waals surface area (Å²) >= 11 is 0. The van der Waals surface area contributed by atoms with Crippen LogP contribution >= 0.6 is 0 Å². The molecule has 104 valence electrons. The Labute approximate surface area is 114 Å². The number of rotatable bonds is 4. The third kappa shape index (κ3) is 2.48. The molecule has 0 radical (unpaired) electrons. The van der Waals surface area contributed by atoms with Crippen LogP contribution in [0.1, 0.15) is 13.8 Å². The molecule has 3 N–H and O–H groups in total. The molecule has 0 aliphatic rings. The number of nitrogens with two attached hydrogens (primary N) is 1. The monoisotopic (exact) mass is 275 g/mol. The van der Waals surface area contributed by atoms with Crippen molar-refractivity contribution in [1.29, 1.82) is 0 Å². The van der Waals surface area contributed by atoms with Gasteiger partial charge in [0.15, 0.2) is 0 Å². The second-order valence-corrected chi connectivity index (χ2v) is 4.80. The summed E-state index contributed by atoms with van der Waals surface area (Å²) in [6.45, 7) is 3.20. The van der Waals surface area contributed by atoms with Gasteiger partial charge in [0.05, 0.1) is 10.4 Å². The molecule has 0 saturated heterocycles. The SMILES string of the molecule is CC(C)(Nc1ncnc2ccc([N+](=O)[O-])cc12)C(N)=O. The molecule has 0 saturated carbocycles. The number of nitrogens with one attached hydrogen (secondary N) is 1. The van der Waals surface area contributed by atoms with Gasteiger partial charge in [-0.1, -0.05) is 0 Å². The molecule has 1 aromatic heterocycles. The van der Waals surface area contributed by atoms with Crippen molar-refractivity contribution in [1.82, 2.24) is 9.97 Å². The summed E-state index contributed by atoms with van der Waals surface area (Å²) in [5.41, 5.74) is 4.71. The number of aromatic nitrogens is 2. The minimum Gasteiger partial charge on any atom is -0.368 e. The van der Waals surface area contributed by atoms with Crippen molar-refractivity contribution < 1.29 is 9.72 Å². The van der Waals surface area contributed by atoms with Crippen LogP contribution in [-0.4, -0.2) is 26.3 Å². The molecule has 0 unspecified atom stereocenters. The van der Waals surface area contributed by atoms with Crippen LogP contribution in [0.15, 0.2) is 24.5 Å². The van der Waals surface area contributed by atoms with Crippen LogP contribution < -0.4 is 11.1 Å². The molecule has 0 atom stereocenters. The van der Waals surface area contributed by atoms with E-state index < -0.39 is 16.4 Å². The topological polar surface area (TPSA) is 124 Å². The number of nitro groups is 1. The van der Waals surface area contributed by atoms with Crippen molar-refractivity contribution in [3.8, 4) is 0 Å². The first-order valence-electron chi connectivity index (χ1n) is 5.78. The number of anilines is 1. The van der Waals surface area contributed by atoms with Crippen molar-refractivity contribution >= 4 is 28.3 Å². The van der Waals surface area contributed by atoms with Crippen LogP contribution in [-0.2, 0) is 4.79 Å². The zero-order chi connectivity index (χ0) is 14.9. The van der Waals surface area contributed by atoms with Crippen molar-refractivity contribution in [2.45, 2.75) is 19.4 Å². The van der Waals surface area contributed by atoms with Gasteiger partial charge in [-0.25, -0.2) is 9.97 Å². The Hall–Kier alpha value is -2.77. The maximum absolute atomic E-state index is 11.3. The van der Waals surface area contributed by atoms with Crippen LogP contribution in [0.2, 0.25) is 0 Å². The highest BCUT2D eigenvalue weighted by atomic mass is 16.6. The summed E-state index contributed by atoms with van der Waals surface area (Å²) in [5.74, 6) is -0.239. The average Bonchev–Trinajstić information content (AvgIpc) is 2.38. The maximum atomic E-state index is 11.3. The number of non-ortho nitro benzene ring substituents is 1. The lowest BCUT2D eigenvalue weighted by Gasteiger charge is -2.23. The fraction of sp³-hybridized carbons (Fsp3) is 0.250. The van der Waals surface area contributed by atoms with Crippen molar-refractivity contribution in [2.75, 3.05) is 5.32 Å². The highest BCUT2D eigenvalue weighted by molar-refractivity contribution is 5.94. The smallest absolute Gasteiger partial charge is 0.270 e. The van der Waals surface area contributed by atoms with Gasteiger partial charge in [0, 0.05) is 17.5 Å². The molecule has 0 aliphatic carbocycles. The highest BCUT2D eigenvalue weighted by Gasteiger charge is 2.26. The number of hydrogen-bond donors (Lipinski definition) is 2. The highest BCUT2D eigenvalue weighted by Crippen LogP contribution is 2.26. The first-order valence-corrected chi connectivity index (χ1v) is 5.78. The van der Waals surface area contributed by atoms with E-state index in [2.05, 4.69) is 15.3 Å². The molecule has 1 aromatic carbocycles. The minimum atomic E-state index is -1.04. The predicted molar refractivity (Wildman–Crippen MR) is 73.1 cm³/mol. The number of nitro benzene ring substituents is 1. The van der Waals surface area contributed by atoms with Gasteiger partial charge in [-0.15, -0.1) is 0 Å². The maximum Gasteiger partial charge on any atom is 0.270 e. The minimum absolute atomic E-state index is 0.0766. The van der Waals surface area contributed by atoms with Crippen LogP contribution in [0.4, 0.5) is 11.5 Å². The third-order valence-corrected chi connectivity index (χ3v) is 2.88. The summed E-state index contributed by atoms with van der Waals surface area (Å²) in [5, 5.41) is 14.2. The van der Waals surface area contributed by atoms with Crippen LogP contribution in [0.5, 0.6) is 0 Å². The summed E-state index contributed by atoms with van der Waals surface area (Å²) in [6.07, 6.45) is 1.31. The molecule has 2 aromatic rings. The van der Waals surface area contributed by atoms with Gasteiger partial charge in [-0.2, -0.15) is 0 Å². The molecule has 1 heterocycles. The lowest BCUT2D eigenvalue weighted by molar-refractivity contribution is -0.384. The van der Waals surface area contributed by atoms with Gasteiger partial charge in [0.2, 0.25) is 5.91 Å². The van der Waals surface area contributed by atoms with Gasteiger partial charge in [-0.05, 0) is 19.9 Å². The van der Waals surface area contributed by atoms with Crippen LogP contribution in [0, 0.1) is 10.1 Å². The predicted octanol–water partition coefficient (Wildman–Crippen LogP) is 1.21. The zero-order valence-electron chi connectivity index (χ0n) is 11.0. The summed E-state index contributed by atoms with van der Waals surface area (Å²) in [7, 11) is 0. The molecule has 0 bridgehead atoms. The van der Waals surface area contributed by atoms with Gasteiger partial charge in [-0.3, -0.25) is 14.9 Å². The van der Waals surface area contributed by atoms with E-state index in [1.54, 1.807) is 13.8 Å². The van der Waals surface area contributed by atoms with Crippen molar-refractivity contribution in [3.05, 3.63) is 34.6 Å². The summed E-state index contributed by atoms with van der Waals surface area (Å²) in [6, 6.07) is 4.24. The van der Waals surface area contributed by atoms with E-state index in [0.29, 0.717) is 16.7 Å². The Morgan fingerprint density at radius 1 is 1.40 bits per heavy atom. The van der Waals surface area contributed by atoms with Gasteiger partial charge in [0.1, 0.15) is 17.7 Å². The molecule has 0 fully saturated rings. The van der Waals surface area contributed by atoms with Crippen LogP contribution in [0.3, 0.4) is 0 Å². The molecule has 2 rings (SSSR count). The number of carbonyl (C=O) groups excluding carboxylic acids is 1. The van der Waals surface area contributed by atoms with E-state index in [0.717, 1.165) is 0 Å². The number of benzene rings is 1. The van der Waals surface area contributed by atoms with E-state index >= 15 is 0 Å². The van der Waals surface area contributed by atoms with E-state index in [9.17, 15) is 14.9 Å². The number of nitrogens with zero attached hydrogens (tertiary/aromatic N) is 3. The van der Waals surface area contributed by atoms with Gasteiger partial charge < -0.3 is 11.1 Å². The lowest BCUT2D eigenvalue weighted by atomic mass is 10.0. The van der Waals surface area contributed by atoms with Crippen LogP contribution in [0.25, 0.3) is 10.9 Å². The molecular formula is C12H13N5O3. The molecule has 20 heavy (non-hydrogen) atoms. The second-order valence-electron chi connectivity index (χ2n) is 4.80. The molecule has 8 nitrogen and oxygen atoms in total. The van der Waals surface area contributed by atoms with Crippen molar-refractivity contribution in [3.63, 3.8) is 0 Å². The molecule has 1 amide bonds. The van der Waals surface area contributed by atoms with Gasteiger partial charge in [0.25, 0.3) is 5.69 Å². The number of amides is 1. The Balaban J connectivity index is 2.55. The first kappa shape index (κ1) is 13.7. The quantitative estimate of drug-likeness (QED) is 0.638. The Bertz CT molecular complexity index is 699. The number of primary amides is 1. The van der Waals surface area contributed by atoms with Crippen molar-refractivity contribution in [2.24, 2.45) is 5.73 Å². The van der Waals surface area contributed by atoms with E-state index in [1.807, 2.05) is 0 Å². The fourth-order valence-corrected chi connectivity index (χ4v) is 1.62. The Kier molecular flexibility index (Phi) is 3.23. The summed E-state index contributed by atoms with van der Waals surface area (Å²) < 4.78 is 0. The summed E-state index contributed by atoms with van der Waals surface area (Å²) in [4.78, 5) is 29.7. The number of hydrogen-bond acceptors (Lipinski definition) is 6. The lowest BCUT2D eigenvalue weighted by Crippen LogP contribution is -2.45. The van der Waals surface area contributed by atoms with Gasteiger partial charge >= 0.3 is 0 Å². The van der Waals surface area contributed by atoms with E-state index in [-0.39, 0.29) is 5.69 Å². The molecule has 0 aliphatic heterocycles. The third-order valence-electron chi connectivity index (χ3n) is 2.88. The largest absolute Gasteiger partial charge is 0.368 e. The number of carbonyl (C=O) groups is 1. The first-order chi connectivity index (χ1) is 9.31. The second kappa shape index (κ2) is 4.72. The fourth-order valence-electron chi connectivity index (χ4n) is 1.62. The number of fused-ring (bicyclic) bond motifs is 1. The molecular weight excluding hydrogens is 262 g/mol. The van der Waals surface area contributed by atoms with E-state index in [4.69, 9.17) is 5.73 Å². The Morgan fingerprint density at radius 2 is 2.10 bits per heavy atom. The molecule has 8 heteroatoms. The standard InChI is InChI=1S/C12H13N5O3/c1-12(2,11(13)18)16-10-8-5-7(17(19)20)3-4-9(8)14-6-15-10/h3-6H,1-2H3,(H2,13,18)(H,14,15,16). The molecule has 0 spiro atoms.